The summed E-state index contributed by atoms with van der Waals surface area (Å²) in [5.41, 5.74) is 1.77. The molecule has 1 aromatic carbocycles. The van der Waals surface area contributed by atoms with Crippen molar-refractivity contribution in [2.75, 3.05) is 0 Å². The monoisotopic (exact) mass is 306 g/mol. The van der Waals surface area contributed by atoms with Crippen LogP contribution >= 0.6 is 0 Å². The zero-order chi connectivity index (χ0) is 16.2. The lowest BCUT2D eigenvalue weighted by Gasteiger charge is -2.11. The molecule has 0 bridgehead atoms. The average Bonchev–Trinajstić information content (AvgIpc) is 2.54. The zero-order valence-corrected chi connectivity index (χ0v) is 13.6. The molecule has 0 amide bonds. The van der Waals surface area contributed by atoms with E-state index in [0.29, 0.717) is 12.8 Å². The van der Waals surface area contributed by atoms with Gasteiger partial charge in [-0.1, -0.05) is 51.0 Å². The number of rotatable bonds is 10. The standard InChI is InChI=1S/C18H26O4/c1-3-5-11-17(19)21-13-15-9-7-8-10-16(15)14-22-18(20)12-6-4-2/h7-10H,3-6,11-14H2,1-2H3. The Balaban J connectivity index is 2.47. The number of carbonyl (C=O) groups is 2. The number of hydrogen-bond donors (Lipinski definition) is 0. The third-order valence-corrected chi connectivity index (χ3v) is 3.36. The van der Waals surface area contributed by atoms with Crippen LogP contribution in [-0.4, -0.2) is 11.9 Å². The molecule has 0 spiro atoms. The van der Waals surface area contributed by atoms with E-state index in [2.05, 4.69) is 0 Å². The Labute approximate surface area is 132 Å². The molecular weight excluding hydrogens is 280 g/mol. The Morgan fingerprint density at radius 2 is 1.23 bits per heavy atom. The largest absolute Gasteiger partial charge is 0.461 e. The van der Waals surface area contributed by atoms with Crippen LogP contribution in [0.5, 0.6) is 0 Å². The van der Waals surface area contributed by atoms with Crippen molar-refractivity contribution in [2.45, 2.75) is 65.6 Å². The van der Waals surface area contributed by atoms with Crippen LogP contribution in [0.4, 0.5) is 0 Å². The SMILES string of the molecule is CCCCC(=O)OCc1ccccc1COC(=O)CCCC. The molecule has 1 aromatic rings. The van der Waals surface area contributed by atoms with Gasteiger partial charge in [-0.05, 0) is 24.0 Å². The van der Waals surface area contributed by atoms with Gasteiger partial charge < -0.3 is 9.47 Å². The zero-order valence-electron chi connectivity index (χ0n) is 13.6. The van der Waals surface area contributed by atoms with Crippen LogP contribution in [0.2, 0.25) is 0 Å². The molecule has 4 nitrogen and oxygen atoms in total. The molecule has 22 heavy (non-hydrogen) atoms. The first-order valence-corrected chi connectivity index (χ1v) is 8.05. The lowest BCUT2D eigenvalue weighted by atomic mass is 10.1. The second kappa shape index (κ2) is 10.8. The summed E-state index contributed by atoms with van der Waals surface area (Å²) in [6.45, 7) is 4.53. The molecule has 0 aliphatic rings. The van der Waals surface area contributed by atoms with Gasteiger partial charge in [0.2, 0.25) is 0 Å². The lowest BCUT2D eigenvalue weighted by Crippen LogP contribution is -2.08. The summed E-state index contributed by atoms with van der Waals surface area (Å²) < 4.78 is 10.5. The number of benzene rings is 1. The second-order valence-corrected chi connectivity index (χ2v) is 5.30. The van der Waals surface area contributed by atoms with Crippen molar-refractivity contribution in [2.24, 2.45) is 0 Å². The molecular formula is C18H26O4. The van der Waals surface area contributed by atoms with E-state index in [1.54, 1.807) is 0 Å². The van der Waals surface area contributed by atoms with E-state index in [1.165, 1.54) is 0 Å². The van der Waals surface area contributed by atoms with Gasteiger partial charge in [-0.2, -0.15) is 0 Å². The molecule has 0 saturated carbocycles. The van der Waals surface area contributed by atoms with Gasteiger partial charge in [0.15, 0.2) is 0 Å². The highest BCUT2D eigenvalue weighted by Gasteiger charge is 2.08. The fourth-order valence-electron chi connectivity index (χ4n) is 1.94. The first-order chi connectivity index (χ1) is 10.7. The van der Waals surface area contributed by atoms with Crippen molar-refractivity contribution >= 4 is 11.9 Å². The maximum absolute atomic E-state index is 11.6. The number of carbonyl (C=O) groups excluding carboxylic acids is 2. The van der Waals surface area contributed by atoms with Gasteiger partial charge in [0, 0.05) is 12.8 Å². The van der Waals surface area contributed by atoms with Crippen molar-refractivity contribution < 1.29 is 19.1 Å². The molecule has 0 radical (unpaired) electrons. The third-order valence-electron chi connectivity index (χ3n) is 3.36. The van der Waals surface area contributed by atoms with Gasteiger partial charge in [-0.25, -0.2) is 0 Å². The number of ether oxygens (including phenoxy) is 2. The molecule has 122 valence electrons. The minimum absolute atomic E-state index is 0.184. The molecule has 0 atom stereocenters. The normalized spacial score (nSPS) is 10.3. The van der Waals surface area contributed by atoms with Gasteiger partial charge in [-0.3, -0.25) is 9.59 Å². The van der Waals surface area contributed by atoms with Crippen LogP contribution in [0.1, 0.15) is 63.5 Å². The van der Waals surface area contributed by atoms with Gasteiger partial charge in [0.1, 0.15) is 13.2 Å². The average molecular weight is 306 g/mol. The minimum atomic E-state index is -0.184. The summed E-state index contributed by atoms with van der Waals surface area (Å²) >= 11 is 0. The Hall–Kier alpha value is -1.84. The molecule has 0 fully saturated rings. The molecule has 0 aliphatic heterocycles. The Bertz CT molecular complexity index is 425. The van der Waals surface area contributed by atoms with Gasteiger partial charge in [-0.15, -0.1) is 0 Å². The lowest BCUT2D eigenvalue weighted by molar-refractivity contribution is -0.146. The summed E-state index contributed by atoms with van der Waals surface area (Å²) in [5.74, 6) is -0.367. The molecule has 0 saturated heterocycles. The molecule has 0 unspecified atom stereocenters. The predicted octanol–water partition coefficient (Wildman–Crippen LogP) is 4.15. The molecule has 0 aliphatic carbocycles. The van der Waals surface area contributed by atoms with Crippen LogP contribution in [0.25, 0.3) is 0 Å². The number of hydrogen-bond acceptors (Lipinski definition) is 4. The van der Waals surface area contributed by atoms with Crippen LogP contribution in [0.15, 0.2) is 24.3 Å². The van der Waals surface area contributed by atoms with E-state index >= 15 is 0 Å². The van der Waals surface area contributed by atoms with Crippen LogP contribution in [0.3, 0.4) is 0 Å². The molecule has 0 aromatic heterocycles. The van der Waals surface area contributed by atoms with E-state index in [4.69, 9.17) is 9.47 Å². The minimum Gasteiger partial charge on any atom is -0.461 e. The molecule has 0 heterocycles. The maximum atomic E-state index is 11.6. The van der Waals surface area contributed by atoms with Crippen molar-refractivity contribution in [1.29, 1.82) is 0 Å². The van der Waals surface area contributed by atoms with Gasteiger partial charge in [0.25, 0.3) is 0 Å². The quantitative estimate of drug-likeness (QED) is 0.609. The van der Waals surface area contributed by atoms with E-state index in [0.717, 1.165) is 36.8 Å². The summed E-state index contributed by atoms with van der Waals surface area (Å²) in [7, 11) is 0. The molecule has 1 rings (SSSR count). The van der Waals surface area contributed by atoms with Crippen molar-refractivity contribution in [3.05, 3.63) is 35.4 Å². The maximum Gasteiger partial charge on any atom is 0.306 e. The van der Waals surface area contributed by atoms with Crippen molar-refractivity contribution in [3.63, 3.8) is 0 Å². The van der Waals surface area contributed by atoms with Crippen molar-refractivity contribution in [3.8, 4) is 0 Å². The van der Waals surface area contributed by atoms with Crippen LogP contribution in [0, 0.1) is 0 Å². The third kappa shape index (κ3) is 7.25. The predicted molar refractivity (Wildman–Crippen MR) is 85.1 cm³/mol. The highest BCUT2D eigenvalue weighted by molar-refractivity contribution is 5.69. The first kappa shape index (κ1) is 18.2. The molecule has 4 heteroatoms. The molecule has 0 N–H and O–H groups in total. The summed E-state index contributed by atoms with van der Waals surface area (Å²) in [6.07, 6.45) is 4.53. The number of unbranched alkanes of at least 4 members (excludes halogenated alkanes) is 2. The fraction of sp³-hybridized carbons (Fsp3) is 0.556. The van der Waals surface area contributed by atoms with E-state index in [-0.39, 0.29) is 25.2 Å². The highest BCUT2D eigenvalue weighted by atomic mass is 16.5. The van der Waals surface area contributed by atoms with E-state index in [1.807, 2.05) is 38.1 Å². The Morgan fingerprint density at radius 1 is 0.818 bits per heavy atom. The van der Waals surface area contributed by atoms with Gasteiger partial charge in [0.05, 0.1) is 0 Å². The van der Waals surface area contributed by atoms with Gasteiger partial charge >= 0.3 is 11.9 Å². The topological polar surface area (TPSA) is 52.6 Å². The van der Waals surface area contributed by atoms with E-state index in [9.17, 15) is 9.59 Å². The second-order valence-electron chi connectivity index (χ2n) is 5.30. The van der Waals surface area contributed by atoms with Crippen LogP contribution in [-0.2, 0) is 32.3 Å². The summed E-state index contributed by atoms with van der Waals surface area (Å²) in [6, 6.07) is 7.56. The van der Waals surface area contributed by atoms with Crippen molar-refractivity contribution in [1.82, 2.24) is 0 Å². The number of esters is 2. The Morgan fingerprint density at radius 3 is 1.59 bits per heavy atom. The highest BCUT2D eigenvalue weighted by Crippen LogP contribution is 2.13. The Kier molecular flexibility index (Phi) is 8.96. The summed E-state index contributed by atoms with van der Waals surface area (Å²) in [5, 5.41) is 0. The smallest absolute Gasteiger partial charge is 0.306 e. The fourth-order valence-corrected chi connectivity index (χ4v) is 1.94. The van der Waals surface area contributed by atoms with Crippen LogP contribution < -0.4 is 0 Å². The van der Waals surface area contributed by atoms with E-state index < -0.39 is 0 Å². The first-order valence-electron chi connectivity index (χ1n) is 8.05. The summed E-state index contributed by atoms with van der Waals surface area (Å²) in [4.78, 5) is 23.1.